The van der Waals surface area contributed by atoms with Gasteiger partial charge in [-0.3, -0.25) is 4.79 Å². The van der Waals surface area contributed by atoms with E-state index in [0.717, 1.165) is 18.0 Å². The predicted octanol–water partition coefficient (Wildman–Crippen LogP) is 2.45. The number of amides is 1. The van der Waals surface area contributed by atoms with Crippen molar-refractivity contribution in [2.24, 2.45) is 0 Å². The Morgan fingerprint density at radius 1 is 1.21 bits per heavy atom. The van der Waals surface area contributed by atoms with E-state index < -0.39 is 0 Å². The molecule has 0 bridgehead atoms. The minimum atomic E-state index is 0.158. The van der Waals surface area contributed by atoms with Crippen LogP contribution in [0, 0.1) is 0 Å². The van der Waals surface area contributed by atoms with Crippen LogP contribution in [-0.2, 0) is 11.2 Å². The van der Waals surface area contributed by atoms with Crippen LogP contribution in [0.3, 0.4) is 0 Å². The van der Waals surface area contributed by atoms with Gasteiger partial charge in [-0.2, -0.15) is 0 Å². The molecule has 1 saturated carbocycles. The molecule has 1 fully saturated rings. The smallest absolute Gasteiger partial charge is 0.224 e. The van der Waals surface area contributed by atoms with E-state index in [9.17, 15) is 4.79 Å². The van der Waals surface area contributed by atoms with Gasteiger partial charge in [0.05, 0.1) is 0 Å². The molecule has 1 aliphatic heterocycles. The van der Waals surface area contributed by atoms with Crippen LogP contribution in [-0.4, -0.2) is 5.91 Å². The molecule has 1 aliphatic carbocycles. The zero-order valence-electron chi connectivity index (χ0n) is 8.05. The third-order valence-electron chi connectivity index (χ3n) is 3.11. The van der Waals surface area contributed by atoms with Gasteiger partial charge in [0.15, 0.2) is 0 Å². The van der Waals surface area contributed by atoms with E-state index in [4.69, 9.17) is 0 Å². The number of nitrogens with one attached hydrogen (secondary N) is 1. The predicted molar refractivity (Wildman–Crippen MR) is 55.4 cm³/mol. The number of anilines is 1. The lowest BCUT2D eigenvalue weighted by atomic mass is 9.95. The fourth-order valence-corrected chi connectivity index (χ4v) is 2.23. The van der Waals surface area contributed by atoms with Gasteiger partial charge < -0.3 is 5.32 Å². The SMILES string of the molecule is O=C1CCc2c(cccc2C2CC2)N1. The number of carbonyl (C=O) groups is 1. The number of benzene rings is 1. The Morgan fingerprint density at radius 3 is 2.86 bits per heavy atom. The van der Waals surface area contributed by atoms with Crippen LogP contribution < -0.4 is 5.32 Å². The normalized spacial score (nSPS) is 20.1. The Morgan fingerprint density at radius 2 is 2.07 bits per heavy atom. The average Bonchev–Trinajstić information content (AvgIpc) is 2.99. The van der Waals surface area contributed by atoms with Crippen molar-refractivity contribution in [1.29, 1.82) is 0 Å². The molecule has 1 heterocycles. The zero-order valence-corrected chi connectivity index (χ0v) is 8.05. The number of carbonyl (C=O) groups excluding carboxylic acids is 1. The first kappa shape index (κ1) is 8.04. The van der Waals surface area contributed by atoms with Crippen molar-refractivity contribution in [3.63, 3.8) is 0 Å². The summed E-state index contributed by atoms with van der Waals surface area (Å²) in [5.41, 5.74) is 3.91. The second-order valence-electron chi connectivity index (χ2n) is 4.20. The molecule has 72 valence electrons. The maximum Gasteiger partial charge on any atom is 0.224 e. The average molecular weight is 187 g/mol. The van der Waals surface area contributed by atoms with E-state index in [0.29, 0.717) is 6.42 Å². The Hall–Kier alpha value is -1.31. The van der Waals surface area contributed by atoms with E-state index >= 15 is 0 Å². The molecule has 3 rings (SSSR count). The molecule has 1 aromatic carbocycles. The quantitative estimate of drug-likeness (QED) is 0.718. The summed E-state index contributed by atoms with van der Waals surface area (Å²) in [5, 5.41) is 2.94. The highest BCUT2D eigenvalue weighted by Crippen LogP contribution is 2.44. The summed E-state index contributed by atoms with van der Waals surface area (Å²) in [6.45, 7) is 0. The molecule has 0 spiro atoms. The van der Waals surface area contributed by atoms with Crippen molar-refractivity contribution < 1.29 is 4.79 Å². The van der Waals surface area contributed by atoms with Crippen molar-refractivity contribution in [2.75, 3.05) is 5.32 Å². The second kappa shape index (κ2) is 2.84. The Kier molecular flexibility index (Phi) is 1.63. The van der Waals surface area contributed by atoms with E-state index in [2.05, 4.69) is 17.4 Å². The largest absolute Gasteiger partial charge is 0.326 e. The van der Waals surface area contributed by atoms with Crippen LogP contribution in [0.5, 0.6) is 0 Å². The summed E-state index contributed by atoms with van der Waals surface area (Å²) >= 11 is 0. The molecule has 2 aliphatic rings. The first-order chi connectivity index (χ1) is 6.84. The third kappa shape index (κ3) is 1.22. The fourth-order valence-electron chi connectivity index (χ4n) is 2.23. The summed E-state index contributed by atoms with van der Waals surface area (Å²) in [5.74, 6) is 0.936. The van der Waals surface area contributed by atoms with Crippen LogP contribution in [0.15, 0.2) is 18.2 Å². The number of rotatable bonds is 1. The topological polar surface area (TPSA) is 29.1 Å². The van der Waals surface area contributed by atoms with Crippen molar-refractivity contribution in [1.82, 2.24) is 0 Å². The van der Waals surface area contributed by atoms with E-state index in [1.807, 2.05) is 6.07 Å². The Balaban J connectivity index is 2.06. The molecule has 0 aromatic heterocycles. The molecule has 1 aromatic rings. The van der Waals surface area contributed by atoms with E-state index in [-0.39, 0.29) is 5.91 Å². The van der Waals surface area contributed by atoms with Gasteiger partial charge in [-0.1, -0.05) is 12.1 Å². The number of hydrogen-bond donors (Lipinski definition) is 1. The monoisotopic (exact) mass is 187 g/mol. The summed E-state index contributed by atoms with van der Waals surface area (Å²) in [4.78, 5) is 11.2. The number of fused-ring (bicyclic) bond motifs is 1. The van der Waals surface area contributed by atoms with Crippen molar-refractivity contribution in [3.8, 4) is 0 Å². The highest BCUT2D eigenvalue weighted by Gasteiger charge is 2.28. The van der Waals surface area contributed by atoms with E-state index in [1.165, 1.54) is 24.0 Å². The maximum atomic E-state index is 11.2. The lowest BCUT2D eigenvalue weighted by Gasteiger charge is -2.19. The molecule has 1 N–H and O–H groups in total. The molecule has 0 radical (unpaired) electrons. The van der Waals surface area contributed by atoms with Crippen LogP contribution in [0.2, 0.25) is 0 Å². The van der Waals surface area contributed by atoms with Gasteiger partial charge in [-0.05, 0) is 42.4 Å². The Bertz CT molecular complexity index is 393. The van der Waals surface area contributed by atoms with Crippen LogP contribution in [0.25, 0.3) is 0 Å². The zero-order chi connectivity index (χ0) is 9.54. The van der Waals surface area contributed by atoms with Gasteiger partial charge in [0.25, 0.3) is 0 Å². The molecule has 0 atom stereocenters. The summed E-state index contributed by atoms with van der Waals surface area (Å²) < 4.78 is 0. The molecular formula is C12H13NO. The fraction of sp³-hybridized carbons (Fsp3) is 0.417. The summed E-state index contributed by atoms with van der Waals surface area (Å²) in [7, 11) is 0. The number of hydrogen-bond acceptors (Lipinski definition) is 1. The van der Waals surface area contributed by atoms with Crippen molar-refractivity contribution >= 4 is 11.6 Å². The van der Waals surface area contributed by atoms with Crippen LogP contribution >= 0.6 is 0 Å². The molecule has 0 unspecified atom stereocenters. The van der Waals surface area contributed by atoms with Crippen LogP contribution in [0.1, 0.15) is 36.3 Å². The molecule has 0 saturated heterocycles. The summed E-state index contributed by atoms with van der Waals surface area (Å²) in [6.07, 6.45) is 4.22. The Labute approximate surface area is 83.3 Å². The third-order valence-corrected chi connectivity index (χ3v) is 3.11. The highest BCUT2D eigenvalue weighted by molar-refractivity contribution is 5.94. The first-order valence-corrected chi connectivity index (χ1v) is 5.26. The molecule has 2 heteroatoms. The molecule has 14 heavy (non-hydrogen) atoms. The van der Waals surface area contributed by atoms with Gasteiger partial charge in [-0.15, -0.1) is 0 Å². The standard InChI is InChI=1S/C12H13NO/c14-12-7-6-10-9(8-4-5-8)2-1-3-11(10)13-12/h1-3,8H,4-7H2,(H,13,14). The van der Waals surface area contributed by atoms with Gasteiger partial charge in [0, 0.05) is 12.1 Å². The lowest BCUT2D eigenvalue weighted by Crippen LogP contribution is -2.19. The van der Waals surface area contributed by atoms with Gasteiger partial charge >= 0.3 is 0 Å². The minimum absolute atomic E-state index is 0.158. The van der Waals surface area contributed by atoms with Gasteiger partial charge in [0.2, 0.25) is 5.91 Å². The molecule has 1 amide bonds. The lowest BCUT2D eigenvalue weighted by molar-refractivity contribution is -0.116. The minimum Gasteiger partial charge on any atom is -0.326 e. The first-order valence-electron chi connectivity index (χ1n) is 5.26. The van der Waals surface area contributed by atoms with E-state index in [1.54, 1.807) is 0 Å². The van der Waals surface area contributed by atoms with Gasteiger partial charge in [-0.25, -0.2) is 0 Å². The second-order valence-corrected chi connectivity index (χ2v) is 4.20. The summed E-state index contributed by atoms with van der Waals surface area (Å²) in [6, 6.07) is 6.28. The van der Waals surface area contributed by atoms with Crippen molar-refractivity contribution in [3.05, 3.63) is 29.3 Å². The molecular weight excluding hydrogens is 174 g/mol. The maximum absolute atomic E-state index is 11.2. The van der Waals surface area contributed by atoms with Crippen molar-refractivity contribution in [2.45, 2.75) is 31.6 Å². The molecule has 2 nitrogen and oxygen atoms in total. The highest BCUT2D eigenvalue weighted by atomic mass is 16.1. The van der Waals surface area contributed by atoms with Crippen LogP contribution in [0.4, 0.5) is 5.69 Å². The van der Waals surface area contributed by atoms with Gasteiger partial charge in [0.1, 0.15) is 0 Å².